The van der Waals surface area contributed by atoms with Crippen LogP contribution in [0.3, 0.4) is 0 Å². The number of hydrogen-bond donors (Lipinski definition) is 1. The van der Waals surface area contributed by atoms with Crippen molar-refractivity contribution in [3.8, 4) is 0 Å². The van der Waals surface area contributed by atoms with Gasteiger partial charge in [-0.2, -0.15) is 5.10 Å². The van der Waals surface area contributed by atoms with Gasteiger partial charge in [-0.25, -0.2) is 4.98 Å². The molecule has 1 saturated heterocycles. The molecule has 1 saturated carbocycles. The molecule has 1 aromatic heterocycles. The summed E-state index contributed by atoms with van der Waals surface area (Å²) in [7, 11) is 0. The van der Waals surface area contributed by atoms with Crippen molar-refractivity contribution in [2.45, 2.75) is 76.8 Å². The molecule has 1 aliphatic heterocycles. The van der Waals surface area contributed by atoms with Gasteiger partial charge < -0.3 is 5.32 Å². The number of aromatic nitrogens is 3. The summed E-state index contributed by atoms with van der Waals surface area (Å²) in [5.74, 6) is 1.81. The Labute approximate surface area is 122 Å². The first-order chi connectivity index (χ1) is 9.92. The van der Waals surface area contributed by atoms with Gasteiger partial charge in [-0.3, -0.25) is 4.68 Å². The maximum absolute atomic E-state index is 4.71. The lowest BCUT2D eigenvalue weighted by molar-refractivity contribution is 0.354. The molecule has 0 radical (unpaired) electrons. The molecule has 2 fully saturated rings. The number of nitrogens with one attached hydrogen (secondary N) is 1. The topological polar surface area (TPSA) is 42.7 Å². The molecular formula is C16H28N4. The van der Waals surface area contributed by atoms with Crippen LogP contribution in [0.4, 0.5) is 0 Å². The predicted molar refractivity (Wildman–Crippen MR) is 80.4 cm³/mol. The Morgan fingerprint density at radius 1 is 1.00 bits per heavy atom. The van der Waals surface area contributed by atoms with Gasteiger partial charge in [0.25, 0.3) is 0 Å². The van der Waals surface area contributed by atoms with E-state index in [4.69, 9.17) is 5.10 Å². The molecule has 0 spiro atoms. The van der Waals surface area contributed by atoms with Crippen LogP contribution in [-0.4, -0.2) is 21.3 Å². The van der Waals surface area contributed by atoms with E-state index < -0.39 is 0 Å². The molecule has 1 unspecified atom stereocenters. The molecular weight excluding hydrogens is 248 g/mol. The third kappa shape index (κ3) is 3.81. The second-order valence-electron chi connectivity index (χ2n) is 6.54. The lowest BCUT2D eigenvalue weighted by Crippen LogP contribution is -2.16. The normalized spacial score (nSPS) is 26.1. The quantitative estimate of drug-likeness (QED) is 0.919. The van der Waals surface area contributed by atoms with Crippen molar-refractivity contribution < 1.29 is 0 Å². The smallest absolute Gasteiger partial charge is 0.167 e. The van der Waals surface area contributed by atoms with Crippen LogP contribution in [0.1, 0.15) is 76.1 Å². The van der Waals surface area contributed by atoms with E-state index in [9.17, 15) is 0 Å². The average molecular weight is 276 g/mol. The molecule has 1 atom stereocenters. The standard InChI is InChI=1S/C16H28N4/c1-2-4-6-9-14(8-5-3-1)12-20-13-18-16(19-20)15-10-7-11-17-15/h13-15,17H,1-12H2. The molecule has 0 bridgehead atoms. The maximum atomic E-state index is 4.71. The minimum atomic E-state index is 0.400. The van der Waals surface area contributed by atoms with E-state index in [1.165, 1.54) is 64.2 Å². The zero-order valence-corrected chi connectivity index (χ0v) is 12.6. The molecule has 1 N–H and O–H groups in total. The van der Waals surface area contributed by atoms with E-state index in [0.717, 1.165) is 24.8 Å². The van der Waals surface area contributed by atoms with Crippen molar-refractivity contribution >= 4 is 0 Å². The van der Waals surface area contributed by atoms with Gasteiger partial charge in [-0.05, 0) is 38.1 Å². The lowest BCUT2D eigenvalue weighted by atomic mass is 9.97. The van der Waals surface area contributed by atoms with E-state index in [0.29, 0.717) is 6.04 Å². The summed E-state index contributed by atoms with van der Waals surface area (Å²) >= 11 is 0. The fourth-order valence-corrected chi connectivity index (χ4v) is 3.63. The highest BCUT2D eigenvalue weighted by Crippen LogP contribution is 2.24. The molecule has 4 nitrogen and oxygen atoms in total. The highest BCUT2D eigenvalue weighted by atomic mass is 15.3. The molecule has 4 heteroatoms. The van der Waals surface area contributed by atoms with E-state index in [-0.39, 0.29) is 0 Å². The largest absolute Gasteiger partial charge is 0.307 e. The van der Waals surface area contributed by atoms with Gasteiger partial charge >= 0.3 is 0 Å². The number of hydrogen-bond acceptors (Lipinski definition) is 3. The van der Waals surface area contributed by atoms with Crippen LogP contribution in [0, 0.1) is 5.92 Å². The Morgan fingerprint density at radius 3 is 2.45 bits per heavy atom. The highest BCUT2D eigenvalue weighted by molar-refractivity contribution is 4.95. The molecule has 1 aromatic rings. The third-order valence-corrected chi connectivity index (χ3v) is 4.85. The van der Waals surface area contributed by atoms with Crippen molar-refractivity contribution in [1.82, 2.24) is 20.1 Å². The van der Waals surface area contributed by atoms with E-state index >= 15 is 0 Å². The molecule has 112 valence electrons. The third-order valence-electron chi connectivity index (χ3n) is 4.85. The van der Waals surface area contributed by atoms with Gasteiger partial charge in [0.2, 0.25) is 0 Å². The molecule has 20 heavy (non-hydrogen) atoms. The summed E-state index contributed by atoms with van der Waals surface area (Å²) < 4.78 is 2.10. The zero-order valence-electron chi connectivity index (χ0n) is 12.6. The molecule has 1 aliphatic carbocycles. The Hall–Kier alpha value is -0.900. The first-order valence-electron chi connectivity index (χ1n) is 8.54. The second-order valence-corrected chi connectivity index (χ2v) is 6.54. The van der Waals surface area contributed by atoms with Crippen molar-refractivity contribution in [3.05, 3.63) is 12.2 Å². The van der Waals surface area contributed by atoms with Crippen molar-refractivity contribution in [1.29, 1.82) is 0 Å². The van der Waals surface area contributed by atoms with E-state index in [1.54, 1.807) is 0 Å². The van der Waals surface area contributed by atoms with Crippen molar-refractivity contribution in [3.63, 3.8) is 0 Å². The summed E-state index contributed by atoms with van der Waals surface area (Å²) in [4.78, 5) is 4.51. The van der Waals surface area contributed by atoms with Crippen LogP contribution in [0.2, 0.25) is 0 Å². The summed E-state index contributed by atoms with van der Waals surface area (Å²) in [6, 6.07) is 0.400. The number of rotatable bonds is 3. The Kier molecular flexibility index (Phi) is 5.06. The molecule has 3 rings (SSSR count). The van der Waals surface area contributed by atoms with Crippen molar-refractivity contribution in [2.75, 3.05) is 6.54 Å². The summed E-state index contributed by atoms with van der Waals surface area (Å²) in [6.45, 7) is 2.18. The minimum Gasteiger partial charge on any atom is -0.307 e. The van der Waals surface area contributed by atoms with Gasteiger partial charge in [0, 0.05) is 6.54 Å². The Balaban J connectivity index is 1.55. The molecule has 2 aliphatic rings. The molecule has 2 heterocycles. The summed E-state index contributed by atoms with van der Waals surface area (Å²) in [5.41, 5.74) is 0. The van der Waals surface area contributed by atoms with E-state index in [1.807, 2.05) is 6.33 Å². The maximum Gasteiger partial charge on any atom is 0.167 e. The van der Waals surface area contributed by atoms with Crippen LogP contribution in [0.5, 0.6) is 0 Å². The average Bonchev–Trinajstić information content (AvgIpc) is 3.12. The van der Waals surface area contributed by atoms with Gasteiger partial charge in [0.1, 0.15) is 6.33 Å². The van der Waals surface area contributed by atoms with Gasteiger partial charge in [-0.1, -0.05) is 38.5 Å². The van der Waals surface area contributed by atoms with Gasteiger partial charge in [0.05, 0.1) is 6.04 Å². The van der Waals surface area contributed by atoms with E-state index in [2.05, 4.69) is 15.0 Å². The minimum absolute atomic E-state index is 0.400. The first kappa shape index (κ1) is 14.1. The fraction of sp³-hybridized carbons (Fsp3) is 0.875. The summed E-state index contributed by atoms with van der Waals surface area (Å²) in [6.07, 6.45) is 15.6. The van der Waals surface area contributed by atoms with Crippen molar-refractivity contribution in [2.24, 2.45) is 5.92 Å². The van der Waals surface area contributed by atoms with Crippen LogP contribution in [0.25, 0.3) is 0 Å². The first-order valence-corrected chi connectivity index (χ1v) is 8.54. The van der Waals surface area contributed by atoms with Crippen LogP contribution >= 0.6 is 0 Å². The van der Waals surface area contributed by atoms with Crippen LogP contribution in [-0.2, 0) is 6.54 Å². The number of nitrogens with zero attached hydrogens (tertiary/aromatic N) is 3. The molecule has 0 amide bonds. The zero-order chi connectivity index (χ0) is 13.6. The lowest BCUT2D eigenvalue weighted by Gasteiger charge is -2.15. The Morgan fingerprint density at radius 2 is 1.75 bits per heavy atom. The van der Waals surface area contributed by atoms with Gasteiger partial charge in [0.15, 0.2) is 5.82 Å². The highest BCUT2D eigenvalue weighted by Gasteiger charge is 2.20. The molecule has 0 aromatic carbocycles. The van der Waals surface area contributed by atoms with Crippen LogP contribution in [0.15, 0.2) is 6.33 Å². The summed E-state index contributed by atoms with van der Waals surface area (Å²) in [5, 5.41) is 8.18. The SMILES string of the molecule is c1nc(C2CCCN2)nn1CC1CCCCCCCC1. The fourth-order valence-electron chi connectivity index (χ4n) is 3.63. The predicted octanol–water partition coefficient (Wildman–Crippen LogP) is 3.45. The van der Waals surface area contributed by atoms with Crippen LogP contribution < -0.4 is 5.32 Å². The monoisotopic (exact) mass is 276 g/mol. The Bertz CT molecular complexity index is 385. The van der Waals surface area contributed by atoms with Gasteiger partial charge in [-0.15, -0.1) is 0 Å². The second kappa shape index (κ2) is 7.21.